The number of amides is 1. The summed E-state index contributed by atoms with van der Waals surface area (Å²) in [7, 11) is 0. The van der Waals surface area contributed by atoms with Crippen molar-refractivity contribution in [3.8, 4) is 0 Å². The van der Waals surface area contributed by atoms with E-state index in [1.807, 2.05) is 0 Å². The van der Waals surface area contributed by atoms with Crippen LogP contribution in [0, 0.1) is 5.92 Å². The summed E-state index contributed by atoms with van der Waals surface area (Å²) in [5, 5.41) is 3.33. The summed E-state index contributed by atoms with van der Waals surface area (Å²) in [5.74, 6) is 0.733. The molecule has 102 valence electrons. The number of rotatable bonds is 5. The van der Waals surface area contributed by atoms with Crippen LogP contribution in [0.5, 0.6) is 0 Å². The summed E-state index contributed by atoms with van der Waals surface area (Å²) in [6.45, 7) is 4.79. The maximum atomic E-state index is 11.6. The third-order valence-corrected chi connectivity index (χ3v) is 3.25. The highest BCUT2D eigenvalue weighted by Gasteiger charge is 2.09. The van der Waals surface area contributed by atoms with Gasteiger partial charge in [0.15, 0.2) is 5.58 Å². The van der Waals surface area contributed by atoms with Gasteiger partial charge < -0.3 is 15.5 Å². The van der Waals surface area contributed by atoms with Gasteiger partial charge in [-0.05, 0) is 24.1 Å². The van der Waals surface area contributed by atoms with Crippen LogP contribution in [0.2, 0.25) is 0 Å². The van der Waals surface area contributed by atoms with Crippen molar-refractivity contribution in [1.29, 1.82) is 0 Å². The van der Waals surface area contributed by atoms with Crippen molar-refractivity contribution in [2.75, 3.05) is 18.0 Å². The van der Waals surface area contributed by atoms with Gasteiger partial charge in [0, 0.05) is 12.2 Å². The number of aromatic nitrogens is 1. The normalized spacial score (nSPS) is 11.1. The van der Waals surface area contributed by atoms with Gasteiger partial charge in [-0.3, -0.25) is 4.79 Å². The van der Waals surface area contributed by atoms with E-state index in [9.17, 15) is 4.79 Å². The Morgan fingerprint density at radius 3 is 3.05 bits per heavy atom. The molecule has 0 radical (unpaired) electrons. The Morgan fingerprint density at radius 2 is 2.32 bits per heavy atom. The predicted octanol–water partition coefficient (Wildman–Crippen LogP) is 2.27. The van der Waals surface area contributed by atoms with Gasteiger partial charge >= 0.3 is 0 Å². The minimum absolute atomic E-state index is 0.0135. The molecule has 2 aromatic rings. The minimum atomic E-state index is -0.0135. The van der Waals surface area contributed by atoms with Crippen molar-refractivity contribution in [1.82, 2.24) is 10.3 Å². The molecule has 0 atom stereocenters. The van der Waals surface area contributed by atoms with Crippen molar-refractivity contribution in [3.05, 3.63) is 18.2 Å². The highest BCUT2D eigenvalue weighted by Crippen LogP contribution is 2.24. The summed E-state index contributed by atoms with van der Waals surface area (Å²) < 4.78 is 5.52. The van der Waals surface area contributed by atoms with Crippen LogP contribution in [0.3, 0.4) is 0 Å². The van der Waals surface area contributed by atoms with E-state index >= 15 is 0 Å². The fraction of sp³-hybridized carbons (Fsp3) is 0.385. The van der Waals surface area contributed by atoms with E-state index in [1.54, 1.807) is 18.2 Å². The highest BCUT2D eigenvalue weighted by molar-refractivity contribution is 7.99. The summed E-state index contributed by atoms with van der Waals surface area (Å²) in [5.41, 5.74) is 7.71. The quantitative estimate of drug-likeness (QED) is 0.648. The number of anilines is 1. The molecule has 0 aliphatic carbocycles. The number of oxazole rings is 1. The number of nitrogens with two attached hydrogens (primary N) is 1. The number of hydrogen-bond donors (Lipinski definition) is 2. The first-order valence-corrected chi connectivity index (χ1v) is 7.08. The summed E-state index contributed by atoms with van der Waals surface area (Å²) in [4.78, 5) is 15.8. The Kier molecular flexibility index (Phi) is 4.31. The third kappa shape index (κ3) is 3.89. The number of nitrogens with one attached hydrogen (secondary N) is 1. The number of fused-ring (bicyclic) bond motifs is 1. The Labute approximate surface area is 115 Å². The lowest BCUT2D eigenvalue weighted by Gasteiger charge is -2.05. The first-order valence-electron chi connectivity index (χ1n) is 6.10. The van der Waals surface area contributed by atoms with Crippen molar-refractivity contribution >= 4 is 34.5 Å². The largest absolute Gasteiger partial charge is 0.431 e. The second kappa shape index (κ2) is 5.97. The number of carbonyl (C=O) groups excluding carboxylic acids is 1. The van der Waals surface area contributed by atoms with Gasteiger partial charge in [0.2, 0.25) is 5.91 Å². The average molecular weight is 279 g/mol. The number of benzene rings is 1. The smallest absolute Gasteiger partial charge is 0.257 e. The monoisotopic (exact) mass is 279 g/mol. The van der Waals surface area contributed by atoms with Crippen LogP contribution in [0.15, 0.2) is 27.8 Å². The maximum Gasteiger partial charge on any atom is 0.257 e. The maximum absolute atomic E-state index is 11.6. The van der Waals surface area contributed by atoms with Crippen molar-refractivity contribution in [3.63, 3.8) is 0 Å². The molecule has 0 aliphatic heterocycles. The molecule has 1 amide bonds. The van der Waals surface area contributed by atoms with E-state index in [2.05, 4.69) is 24.1 Å². The average Bonchev–Trinajstić information content (AvgIpc) is 2.75. The zero-order chi connectivity index (χ0) is 13.8. The molecule has 2 rings (SSSR count). The summed E-state index contributed by atoms with van der Waals surface area (Å²) >= 11 is 1.28. The molecule has 0 unspecified atom stereocenters. The van der Waals surface area contributed by atoms with Crippen molar-refractivity contribution in [2.24, 2.45) is 5.92 Å². The van der Waals surface area contributed by atoms with Crippen LogP contribution < -0.4 is 11.1 Å². The fourth-order valence-corrected chi connectivity index (χ4v) is 2.15. The van der Waals surface area contributed by atoms with Crippen molar-refractivity contribution < 1.29 is 9.21 Å². The first-order chi connectivity index (χ1) is 9.04. The van der Waals surface area contributed by atoms with Gasteiger partial charge in [-0.15, -0.1) is 0 Å². The molecule has 0 aliphatic rings. The highest BCUT2D eigenvalue weighted by atomic mass is 32.2. The standard InChI is InChI=1S/C13H17N3O2S/c1-8(2)6-15-12(17)7-19-13-16-10-5-9(14)3-4-11(10)18-13/h3-5,8H,6-7,14H2,1-2H3,(H,15,17). The van der Waals surface area contributed by atoms with Gasteiger partial charge in [-0.25, -0.2) is 4.98 Å². The molecular formula is C13H17N3O2S. The lowest BCUT2D eigenvalue weighted by Crippen LogP contribution is -2.28. The van der Waals surface area contributed by atoms with E-state index < -0.39 is 0 Å². The van der Waals surface area contributed by atoms with Crippen LogP contribution in [0.1, 0.15) is 13.8 Å². The van der Waals surface area contributed by atoms with E-state index in [1.165, 1.54) is 11.8 Å². The first kappa shape index (κ1) is 13.7. The third-order valence-electron chi connectivity index (χ3n) is 2.43. The van der Waals surface area contributed by atoms with E-state index in [-0.39, 0.29) is 5.91 Å². The summed E-state index contributed by atoms with van der Waals surface area (Å²) in [6, 6.07) is 5.29. The number of hydrogen-bond acceptors (Lipinski definition) is 5. The fourth-order valence-electron chi connectivity index (χ4n) is 1.48. The lowest BCUT2D eigenvalue weighted by atomic mass is 10.2. The van der Waals surface area contributed by atoms with Crippen LogP contribution in [0.25, 0.3) is 11.1 Å². The van der Waals surface area contributed by atoms with E-state index in [0.29, 0.717) is 40.2 Å². The number of thioether (sulfide) groups is 1. The molecule has 6 heteroatoms. The second-order valence-corrected chi connectivity index (χ2v) is 5.62. The lowest BCUT2D eigenvalue weighted by molar-refractivity contribution is -0.118. The number of nitrogen functional groups attached to an aromatic ring is 1. The Bertz CT molecular complexity index is 580. The Morgan fingerprint density at radius 1 is 1.53 bits per heavy atom. The van der Waals surface area contributed by atoms with Crippen LogP contribution in [-0.2, 0) is 4.79 Å². The van der Waals surface area contributed by atoms with Crippen molar-refractivity contribution in [2.45, 2.75) is 19.1 Å². The van der Waals surface area contributed by atoms with Crippen LogP contribution in [0.4, 0.5) is 5.69 Å². The van der Waals surface area contributed by atoms with Gasteiger partial charge in [-0.1, -0.05) is 25.6 Å². The number of carbonyl (C=O) groups is 1. The second-order valence-electron chi connectivity index (χ2n) is 4.69. The molecule has 0 saturated heterocycles. The SMILES string of the molecule is CC(C)CNC(=O)CSc1nc2cc(N)ccc2o1. The number of nitrogens with zero attached hydrogens (tertiary/aromatic N) is 1. The van der Waals surface area contributed by atoms with E-state index in [0.717, 1.165) is 0 Å². The van der Waals surface area contributed by atoms with Gasteiger partial charge in [-0.2, -0.15) is 0 Å². The zero-order valence-corrected chi connectivity index (χ0v) is 11.8. The van der Waals surface area contributed by atoms with Crippen LogP contribution in [-0.4, -0.2) is 23.2 Å². The molecule has 1 aromatic carbocycles. The topological polar surface area (TPSA) is 81.2 Å². The van der Waals surface area contributed by atoms with Crippen LogP contribution >= 0.6 is 11.8 Å². The summed E-state index contributed by atoms with van der Waals surface area (Å²) in [6.07, 6.45) is 0. The molecule has 0 fully saturated rings. The predicted molar refractivity (Wildman–Crippen MR) is 77.0 cm³/mol. The molecule has 0 bridgehead atoms. The molecule has 1 aromatic heterocycles. The van der Waals surface area contributed by atoms with Gasteiger partial charge in [0.1, 0.15) is 5.52 Å². The molecule has 19 heavy (non-hydrogen) atoms. The Balaban J connectivity index is 1.92. The molecule has 5 nitrogen and oxygen atoms in total. The molecule has 0 saturated carbocycles. The van der Waals surface area contributed by atoms with Gasteiger partial charge in [0.05, 0.1) is 5.75 Å². The molecular weight excluding hydrogens is 262 g/mol. The minimum Gasteiger partial charge on any atom is -0.431 e. The van der Waals surface area contributed by atoms with Gasteiger partial charge in [0.25, 0.3) is 5.22 Å². The molecule has 0 spiro atoms. The molecule has 3 N–H and O–H groups in total. The van der Waals surface area contributed by atoms with E-state index in [4.69, 9.17) is 10.2 Å². The Hall–Kier alpha value is -1.69. The molecule has 1 heterocycles. The zero-order valence-electron chi connectivity index (χ0n) is 11.0.